The van der Waals surface area contributed by atoms with Crippen molar-refractivity contribution in [3.8, 4) is 11.1 Å². The molecule has 0 heterocycles. The van der Waals surface area contributed by atoms with Crippen molar-refractivity contribution in [1.29, 1.82) is 0 Å². The Kier molecular flexibility index (Phi) is 4.52. The molecule has 0 spiro atoms. The summed E-state index contributed by atoms with van der Waals surface area (Å²) in [4.78, 5) is 34.5. The number of aliphatic carboxylic acids is 1. The summed E-state index contributed by atoms with van der Waals surface area (Å²) in [6, 6.07) is 12.5. The molecule has 2 aromatic carbocycles. The topological polar surface area (TPSA) is 109 Å². The first-order chi connectivity index (χ1) is 12.0. The number of carbonyl (C=O) groups is 3. The van der Waals surface area contributed by atoms with Gasteiger partial charge in [-0.05, 0) is 47.2 Å². The van der Waals surface area contributed by atoms with E-state index in [4.69, 9.17) is 10.8 Å². The Labute approximate surface area is 144 Å². The largest absolute Gasteiger partial charge is 0.481 e. The van der Waals surface area contributed by atoms with E-state index in [0.717, 1.165) is 17.5 Å². The first-order valence-corrected chi connectivity index (χ1v) is 7.99. The third-order valence-electron chi connectivity index (χ3n) is 4.35. The van der Waals surface area contributed by atoms with Gasteiger partial charge in [0.1, 0.15) is 6.04 Å². The van der Waals surface area contributed by atoms with Crippen molar-refractivity contribution in [1.82, 2.24) is 5.32 Å². The maximum Gasteiger partial charge on any atom is 0.303 e. The fourth-order valence-electron chi connectivity index (χ4n) is 3.08. The molecule has 4 N–H and O–H groups in total. The van der Waals surface area contributed by atoms with Crippen LogP contribution in [-0.4, -0.2) is 28.9 Å². The van der Waals surface area contributed by atoms with E-state index in [9.17, 15) is 14.4 Å². The van der Waals surface area contributed by atoms with E-state index in [1.54, 1.807) is 12.1 Å². The summed E-state index contributed by atoms with van der Waals surface area (Å²) in [5.41, 5.74) is 10.2. The number of benzene rings is 2. The van der Waals surface area contributed by atoms with Crippen molar-refractivity contribution >= 4 is 17.8 Å². The minimum Gasteiger partial charge on any atom is -0.481 e. The van der Waals surface area contributed by atoms with Gasteiger partial charge in [-0.25, -0.2) is 0 Å². The second-order valence-corrected chi connectivity index (χ2v) is 6.07. The van der Waals surface area contributed by atoms with E-state index in [1.165, 1.54) is 11.1 Å². The fraction of sp³-hybridized carbons (Fsp3) is 0.211. The predicted octanol–water partition coefficient (Wildman–Crippen LogP) is 1.71. The third kappa shape index (κ3) is 3.52. The van der Waals surface area contributed by atoms with E-state index in [1.807, 2.05) is 18.2 Å². The number of hydrogen-bond donors (Lipinski definition) is 3. The molecule has 6 nitrogen and oxygen atoms in total. The molecule has 0 saturated heterocycles. The van der Waals surface area contributed by atoms with Gasteiger partial charge in [-0.15, -0.1) is 0 Å². The normalized spacial score (nSPS) is 12.8. The molecule has 0 fully saturated rings. The Morgan fingerprint density at radius 3 is 2.52 bits per heavy atom. The van der Waals surface area contributed by atoms with E-state index in [-0.39, 0.29) is 12.8 Å². The highest BCUT2D eigenvalue weighted by atomic mass is 16.4. The summed E-state index contributed by atoms with van der Waals surface area (Å²) in [6.07, 6.45) is 0.477. The van der Waals surface area contributed by atoms with Crippen LogP contribution < -0.4 is 11.1 Å². The van der Waals surface area contributed by atoms with Crippen LogP contribution in [0.3, 0.4) is 0 Å². The average molecular weight is 338 g/mol. The van der Waals surface area contributed by atoms with Crippen LogP contribution in [0.15, 0.2) is 42.5 Å². The van der Waals surface area contributed by atoms with E-state index in [2.05, 4.69) is 17.4 Å². The van der Waals surface area contributed by atoms with Crippen molar-refractivity contribution < 1.29 is 19.5 Å². The first kappa shape index (κ1) is 16.7. The number of hydrogen-bond acceptors (Lipinski definition) is 3. The van der Waals surface area contributed by atoms with Crippen LogP contribution in [-0.2, 0) is 16.0 Å². The maximum atomic E-state index is 12.4. The minimum absolute atomic E-state index is 0.0349. The van der Waals surface area contributed by atoms with Gasteiger partial charge < -0.3 is 16.2 Å². The molecule has 1 aliphatic carbocycles. The number of nitrogens with one attached hydrogen (secondary N) is 1. The second kappa shape index (κ2) is 6.76. The van der Waals surface area contributed by atoms with Crippen molar-refractivity contribution in [2.24, 2.45) is 5.73 Å². The molecule has 0 aromatic heterocycles. The summed E-state index contributed by atoms with van der Waals surface area (Å²) in [5, 5.41) is 11.2. The van der Waals surface area contributed by atoms with Gasteiger partial charge in [0, 0.05) is 12.0 Å². The summed E-state index contributed by atoms with van der Waals surface area (Å²) in [5.74, 6) is -2.23. The molecule has 2 amide bonds. The molecule has 128 valence electrons. The van der Waals surface area contributed by atoms with Crippen molar-refractivity contribution in [3.05, 3.63) is 59.2 Å². The Hall–Kier alpha value is -3.15. The summed E-state index contributed by atoms with van der Waals surface area (Å²) in [6.45, 7) is 0. The van der Waals surface area contributed by atoms with Gasteiger partial charge in [0.15, 0.2) is 0 Å². The molecule has 0 unspecified atom stereocenters. The lowest BCUT2D eigenvalue weighted by Gasteiger charge is -2.15. The van der Waals surface area contributed by atoms with Gasteiger partial charge in [0.05, 0.1) is 0 Å². The zero-order valence-corrected chi connectivity index (χ0v) is 13.5. The SMILES string of the molecule is NC(=O)[C@H](CCC(=O)O)NC(=O)c1ccc2c(c1)Cc1ccccc1-2. The molecule has 6 heteroatoms. The first-order valence-electron chi connectivity index (χ1n) is 7.99. The molecular formula is C19H18N2O4. The monoisotopic (exact) mass is 338 g/mol. The summed E-state index contributed by atoms with van der Waals surface area (Å²) < 4.78 is 0. The summed E-state index contributed by atoms with van der Waals surface area (Å²) >= 11 is 0. The van der Waals surface area contributed by atoms with Crippen LogP contribution >= 0.6 is 0 Å². The number of nitrogens with two attached hydrogens (primary N) is 1. The average Bonchev–Trinajstić information content (AvgIpc) is 2.95. The molecular weight excluding hydrogens is 320 g/mol. The fourth-order valence-corrected chi connectivity index (χ4v) is 3.08. The number of amides is 2. The lowest BCUT2D eigenvalue weighted by Crippen LogP contribution is -2.44. The highest BCUT2D eigenvalue weighted by Gasteiger charge is 2.22. The van der Waals surface area contributed by atoms with Crippen LogP contribution in [0.25, 0.3) is 11.1 Å². The molecule has 1 atom stereocenters. The van der Waals surface area contributed by atoms with Gasteiger partial charge in [-0.3, -0.25) is 14.4 Å². The van der Waals surface area contributed by atoms with Crippen LogP contribution in [0.2, 0.25) is 0 Å². The third-order valence-corrected chi connectivity index (χ3v) is 4.35. The lowest BCUT2D eigenvalue weighted by molar-refractivity contribution is -0.137. The molecule has 25 heavy (non-hydrogen) atoms. The number of carbonyl (C=O) groups excluding carboxylic acids is 2. The van der Waals surface area contributed by atoms with Gasteiger partial charge in [-0.2, -0.15) is 0 Å². The Balaban J connectivity index is 1.76. The number of carboxylic acids is 1. The van der Waals surface area contributed by atoms with Gasteiger partial charge in [-0.1, -0.05) is 30.3 Å². The molecule has 0 saturated carbocycles. The van der Waals surface area contributed by atoms with Gasteiger partial charge in [0.25, 0.3) is 5.91 Å². The Bertz CT molecular complexity index is 860. The molecule has 0 aliphatic heterocycles. The van der Waals surface area contributed by atoms with E-state index in [0.29, 0.717) is 5.56 Å². The zero-order chi connectivity index (χ0) is 18.0. The van der Waals surface area contributed by atoms with Crippen molar-refractivity contribution in [2.75, 3.05) is 0 Å². The van der Waals surface area contributed by atoms with E-state index >= 15 is 0 Å². The number of primary amides is 1. The molecule has 3 rings (SSSR count). The number of fused-ring (bicyclic) bond motifs is 3. The number of rotatable bonds is 6. The Morgan fingerprint density at radius 1 is 1.08 bits per heavy atom. The molecule has 1 aliphatic rings. The summed E-state index contributed by atoms with van der Waals surface area (Å²) in [7, 11) is 0. The highest BCUT2D eigenvalue weighted by molar-refractivity contribution is 5.98. The number of carboxylic acid groups (broad SMARTS) is 1. The quantitative estimate of drug-likeness (QED) is 0.635. The van der Waals surface area contributed by atoms with Crippen LogP contribution in [0.5, 0.6) is 0 Å². The van der Waals surface area contributed by atoms with Crippen LogP contribution in [0, 0.1) is 0 Å². The van der Waals surface area contributed by atoms with Crippen LogP contribution in [0.4, 0.5) is 0 Å². The van der Waals surface area contributed by atoms with E-state index < -0.39 is 23.8 Å². The van der Waals surface area contributed by atoms with Crippen LogP contribution in [0.1, 0.15) is 34.3 Å². The zero-order valence-electron chi connectivity index (χ0n) is 13.5. The molecule has 0 radical (unpaired) electrons. The van der Waals surface area contributed by atoms with Gasteiger partial charge >= 0.3 is 5.97 Å². The lowest BCUT2D eigenvalue weighted by atomic mass is 10.0. The Morgan fingerprint density at radius 2 is 1.80 bits per heavy atom. The maximum absolute atomic E-state index is 12.4. The standard InChI is InChI=1S/C19H18N2O4/c20-18(24)16(7-8-17(22)23)21-19(25)12-5-6-15-13(10-12)9-11-3-1-2-4-14(11)15/h1-6,10,16H,7-9H2,(H2,20,24)(H,21,25)(H,22,23)/t16-/m0/s1. The van der Waals surface area contributed by atoms with Gasteiger partial charge in [0.2, 0.25) is 5.91 Å². The predicted molar refractivity (Wildman–Crippen MR) is 92.0 cm³/mol. The molecule has 2 aromatic rings. The van der Waals surface area contributed by atoms with Crippen molar-refractivity contribution in [3.63, 3.8) is 0 Å². The minimum atomic E-state index is -1.05. The smallest absolute Gasteiger partial charge is 0.303 e. The highest BCUT2D eigenvalue weighted by Crippen LogP contribution is 2.36. The van der Waals surface area contributed by atoms with Crippen molar-refractivity contribution in [2.45, 2.75) is 25.3 Å². The second-order valence-electron chi connectivity index (χ2n) is 6.07. The molecule has 0 bridgehead atoms.